The van der Waals surface area contributed by atoms with Crippen LogP contribution in [0.2, 0.25) is 5.02 Å². The summed E-state index contributed by atoms with van der Waals surface area (Å²) in [7, 11) is 0. The number of nitro groups is 1. The van der Waals surface area contributed by atoms with Crippen molar-refractivity contribution in [3.63, 3.8) is 0 Å². The fourth-order valence-corrected chi connectivity index (χ4v) is 2.34. The summed E-state index contributed by atoms with van der Waals surface area (Å²) in [5.74, 6) is 0.0647. The zero-order chi connectivity index (χ0) is 18.0. The highest BCUT2D eigenvalue weighted by molar-refractivity contribution is 6.31. The van der Waals surface area contributed by atoms with Crippen molar-refractivity contribution in [1.29, 1.82) is 0 Å². The average Bonchev–Trinajstić information content (AvgIpc) is 3.08. The number of aromatic nitrogens is 1. The highest BCUT2D eigenvalue weighted by Gasteiger charge is 2.19. The lowest BCUT2D eigenvalue weighted by molar-refractivity contribution is -0.384. The lowest BCUT2D eigenvalue weighted by Gasteiger charge is -2.04. The summed E-state index contributed by atoms with van der Waals surface area (Å²) >= 11 is 5.90. The molecule has 1 aromatic carbocycles. The molecule has 7 nitrogen and oxygen atoms in total. The van der Waals surface area contributed by atoms with Crippen molar-refractivity contribution in [2.24, 2.45) is 0 Å². The summed E-state index contributed by atoms with van der Waals surface area (Å²) < 4.78 is 5.48. The highest BCUT2D eigenvalue weighted by Crippen LogP contribution is 2.31. The molecular weight excluding hydrogens is 346 g/mol. The number of carbonyl (C=O) groups is 1. The van der Waals surface area contributed by atoms with Crippen molar-refractivity contribution < 1.29 is 14.1 Å². The van der Waals surface area contributed by atoms with Gasteiger partial charge in [-0.2, -0.15) is 0 Å². The number of nitrogens with one attached hydrogen (secondary N) is 1. The van der Waals surface area contributed by atoms with Gasteiger partial charge in [0.05, 0.1) is 21.2 Å². The van der Waals surface area contributed by atoms with Gasteiger partial charge >= 0.3 is 0 Å². The van der Waals surface area contributed by atoms with Crippen molar-refractivity contribution in [3.05, 3.63) is 75.1 Å². The number of rotatable bonds is 4. The van der Waals surface area contributed by atoms with Crippen LogP contribution in [0.4, 0.5) is 11.5 Å². The second-order valence-corrected chi connectivity index (χ2v) is 5.56. The number of amides is 1. The molecule has 126 valence electrons. The quantitative estimate of drug-likeness (QED) is 0.549. The van der Waals surface area contributed by atoms with Gasteiger partial charge in [-0.05, 0) is 37.3 Å². The van der Waals surface area contributed by atoms with Gasteiger partial charge in [-0.3, -0.25) is 14.9 Å². The molecule has 0 aliphatic carbocycles. The van der Waals surface area contributed by atoms with Gasteiger partial charge in [0.15, 0.2) is 5.76 Å². The molecule has 0 fully saturated rings. The third-order valence-electron chi connectivity index (χ3n) is 3.46. The highest BCUT2D eigenvalue weighted by atomic mass is 35.5. The summed E-state index contributed by atoms with van der Waals surface area (Å²) in [6.07, 6.45) is 0. The second kappa shape index (κ2) is 6.74. The van der Waals surface area contributed by atoms with Crippen LogP contribution in [0.5, 0.6) is 0 Å². The van der Waals surface area contributed by atoms with Gasteiger partial charge in [-0.15, -0.1) is 0 Å². The smallest absolute Gasteiger partial charge is 0.292 e. The number of aryl methyl sites for hydroxylation is 1. The average molecular weight is 358 g/mol. The number of anilines is 1. The van der Waals surface area contributed by atoms with Crippen molar-refractivity contribution in [3.8, 4) is 11.3 Å². The molecule has 1 amide bonds. The molecule has 3 aromatic rings. The molecule has 0 unspecified atom stereocenters. The van der Waals surface area contributed by atoms with Crippen molar-refractivity contribution in [2.75, 3.05) is 5.32 Å². The largest absolute Gasteiger partial charge is 0.451 e. The Hall–Kier alpha value is -3.19. The minimum Gasteiger partial charge on any atom is -0.451 e. The number of nitro benzene ring substituents is 1. The van der Waals surface area contributed by atoms with E-state index in [1.54, 1.807) is 37.3 Å². The van der Waals surface area contributed by atoms with Crippen LogP contribution in [0.15, 0.2) is 52.9 Å². The number of carbonyl (C=O) groups excluding carboxylic acids is 1. The van der Waals surface area contributed by atoms with E-state index in [2.05, 4.69) is 10.3 Å². The molecule has 0 saturated heterocycles. The van der Waals surface area contributed by atoms with Crippen LogP contribution in [0.1, 0.15) is 16.2 Å². The fraction of sp³-hybridized carbons (Fsp3) is 0.0588. The minimum absolute atomic E-state index is 0.0163. The van der Waals surface area contributed by atoms with E-state index in [0.717, 1.165) is 0 Å². The van der Waals surface area contributed by atoms with Crippen LogP contribution < -0.4 is 5.32 Å². The normalized spacial score (nSPS) is 10.5. The van der Waals surface area contributed by atoms with E-state index in [0.29, 0.717) is 22.1 Å². The van der Waals surface area contributed by atoms with E-state index < -0.39 is 10.8 Å². The Kier molecular flexibility index (Phi) is 4.49. The van der Waals surface area contributed by atoms with Gasteiger partial charge < -0.3 is 9.73 Å². The molecule has 0 spiro atoms. The third-order valence-corrected chi connectivity index (χ3v) is 3.86. The number of pyridine rings is 1. The lowest BCUT2D eigenvalue weighted by atomic mass is 10.1. The van der Waals surface area contributed by atoms with E-state index in [1.165, 1.54) is 18.2 Å². The predicted molar refractivity (Wildman–Crippen MR) is 92.7 cm³/mol. The van der Waals surface area contributed by atoms with Crippen molar-refractivity contribution in [2.45, 2.75) is 6.92 Å². The number of hydrogen-bond acceptors (Lipinski definition) is 5. The number of furan rings is 1. The van der Waals surface area contributed by atoms with E-state index in [9.17, 15) is 14.9 Å². The first-order valence-electron chi connectivity index (χ1n) is 7.24. The molecule has 8 heteroatoms. The lowest BCUT2D eigenvalue weighted by Crippen LogP contribution is -2.12. The summed E-state index contributed by atoms with van der Waals surface area (Å²) in [5, 5.41) is 14.2. The summed E-state index contributed by atoms with van der Waals surface area (Å²) in [6.45, 7) is 1.72. The molecule has 25 heavy (non-hydrogen) atoms. The zero-order valence-electron chi connectivity index (χ0n) is 13.0. The Bertz CT molecular complexity index is 968. The Morgan fingerprint density at radius 3 is 2.68 bits per heavy atom. The maximum Gasteiger partial charge on any atom is 0.292 e. The van der Waals surface area contributed by atoms with Gasteiger partial charge in [-0.1, -0.05) is 23.7 Å². The van der Waals surface area contributed by atoms with E-state index in [-0.39, 0.29) is 17.2 Å². The Morgan fingerprint density at radius 1 is 1.20 bits per heavy atom. The SMILES string of the molecule is Cc1nc(NC(=O)c2ccc(-c3ccccc3[N+](=O)[O-])o2)ccc1Cl. The number of nitrogens with zero attached hydrogens (tertiary/aromatic N) is 2. The van der Waals surface area contributed by atoms with Gasteiger partial charge in [-0.25, -0.2) is 4.98 Å². The molecule has 0 aliphatic rings. The molecule has 0 atom stereocenters. The molecule has 2 heterocycles. The van der Waals surface area contributed by atoms with Crippen molar-refractivity contribution in [1.82, 2.24) is 4.98 Å². The molecule has 0 bridgehead atoms. The Labute approximate surface area is 147 Å². The molecule has 0 radical (unpaired) electrons. The van der Waals surface area contributed by atoms with Crippen LogP contribution in [0.25, 0.3) is 11.3 Å². The molecular formula is C17H12ClN3O4. The van der Waals surface area contributed by atoms with Crippen LogP contribution in [-0.2, 0) is 0 Å². The summed E-state index contributed by atoms with van der Waals surface area (Å²) in [6, 6.07) is 12.3. The van der Waals surface area contributed by atoms with Crippen LogP contribution in [0, 0.1) is 17.0 Å². The molecule has 0 aliphatic heterocycles. The molecule has 0 saturated carbocycles. The first kappa shape index (κ1) is 16.7. The maximum absolute atomic E-state index is 12.3. The van der Waals surface area contributed by atoms with Crippen molar-refractivity contribution >= 4 is 29.0 Å². The third kappa shape index (κ3) is 3.51. The van der Waals surface area contributed by atoms with Crippen LogP contribution in [0.3, 0.4) is 0 Å². The van der Waals surface area contributed by atoms with Gasteiger partial charge in [0.1, 0.15) is 11.6 Å². The first-order valence-corrected chi connectivity index (χ1v) is 7.61. The number of para-hydroxylation sites is 1. The van der Waals surface area contributed by atoms with Crippen LogP contribution in [-0.4, -0.2) is 15.8 Å². The van der Waals surface area contributed by atoms with E-state index in [4.69, 9.17) is 16.0 Å². The maximum atomic E-state index is 12.3. The topological polar surface area (TPSA) is 98.3 Å². The molecule has 1 N–H and O–H groups in total. The van der Waals surface area contributed by atoms with Gasteiger partial charge in [0, 0.05) is 6.07 Å². The monoisotopic (exact) mass is 357 g/mol. The zero-order valence-corrected chi connectivity index (χ0v) is 13.8. The first-order chi connectivity index (χ1) is 12.0. The van der Waals surface area contributed by atoms with E-state index in [1.807, 2.05) is 0 Å². The summed E-state index contributed by atoms with van der Waals surface area (Å²) in [4.78, 5) is 27.0. The molecule has 3 rings (SSSR count). The van der Waals surface area contributed by atoms with Crippen LogP contribution >= 0.6 is 11.6 Å². The number of halogens is 1. The van der Waals surface area contributed by atoms with E-state index >= 15 is 0 Å². The molecule has 2 aromatic heterocycles. The standard InChI is InChI=1S/C17H12ClN3O4/c1-10-12(18)6-9-16(19-10)20-17(22)15-8-7-14(25-15)11-4-2-3-5-13(11)21(23)24/h2-9H,1H3,(H,19,20,22). The Balaban J connectivity index is 1.85. The minimum atomic E-state index is -0.515. The van der Waals surface area contributed by atoms with Gasteiger partial charge in [0.2, 0.25) is 0 Å². The number of benzene rings is 1. The predicted octanol–water partition coefficient (Wildman–Crippen LogP) is 4.46. The second-order valence-electron chi connectivity index (χ2n) is 5.16. The Morgan fingerprint density at radius 2 is 1.96 bits per heavy atom. The number of hydrogen-bond donors (Lipinski definition) is 1. The van der Waals surface area contributed by atoms with Gasteiger partial charge in [0.25, 0.3) is 11.6 Å². The fourth-order valence-electron chi connectivity index (χ4n) is 2.24. The summed E-state index contributed by atoms with van der Waals surface area (Å²) in [5.41, 5.74) is 0.783.